The van der Waals surface area contributed by atoms with Crippen molar-refractivity contribution in [1.82, 2.24) is 0 Å². The number of hydrogen-bond donors (Lipinski definition) is 2. The number of hydrogen-bond acceptors (Lipinski definition) is 4. The van der Waals surface area contributed by atoms with Crippen LogP contribution in [0, 0.1) is 5.41 Å². The van der Waals surface area contributed by atoms with Gasteiger partial charge in [-0.25, -0.2) is 8.42 Å². The van der Waals surface area contributed by atoms with Crippen molar-refractivity contribution in [3.63, 3.8) is 0 Å². The average molecular weight is 222 g/mol. The minimum absolute atomic E-state index is 0.0509. The predicted molar refractivity (Wildman–Crippen MR) is 49.7 cm³/mol. The zero-order chi connectivity index (χ0) is 10.8. The lowest BCUT2D eigenvalue weighted by Gasteiger charge is -2.21. The zero-order valence-electron chi connectivity index (χ0n) is 7.77. The number of rotatable bonds is 4. The second kappa shape index (κ2) is 3.86. The molecule has 1 aliphatic rings. The average Bonchev–Trinajstić information content (AvgIpc) is 2.40. The second-order valence-electron chi connectivity index (χ2n) is 3.75. The van der Waals surface area contributed by atoms with Crippen LogP contribution >= 0.6 is 0 Å². The Morgan fingerprint density at radius 1 is 1.43 bits per heavy atom. The first-order chi connectivity index (χ1) is 6.42. The third-order valence-electron chi connectivity index (χ3n) is 2.65. The minimum Gasteiger partial charge on any atom is -0.481 e. The molecule has 14 heavy (non-hydrogen) atoms. The van der Waals surface area contributed by atoms with E-state index in [9.17, 15) is 13.2 Å². The van der Waals surface area contributed by atoms with E-state index < -0.39 is 21.2 Å². The number of carbonyl (C=O) groups is 1. The zero-order valence-corrected chi connectivity index (χ0v) is 8.59. The summed E-state index contributed by atoms with van der Waals surface area (Å²) in [6.07, 6.45) is 0.741. The number of aliphatic hydroxyl groups is 1. The molecule has 0 amide bonds. The highest BCUT2D eigenvalue weighted by molar-refractivity contribution is 7.91. The van der Waals surface area contributed by atoms with Crippen molar-refractivity contribution in [2.75, 3.05) is 18.1 Å². The molecule has 0 aromatic heterocycles. The summed E-state index contributed by atoms with van der Waals surface area (Å²) < 4.78 is 22.4. The number of sulfone groups is 1. The van der Waals surface area contributed by atoms with Gasteiger partial charge in [-0.2, -0.15) is 0 Å². The van der Waals surface area contributed by atoms with Crippen LogP contribution in [0.25, 0.3) is 0 Å². The Morgan fingerprint density at radius 3 is 2.43 bits per heavy atom. The monoisotopic (exact) mass is 222 g/mol. The summed E-state index contributed by atoms with van der Waals surface area (Å²) in [6.45, 7) is -0.102. The van der Waals surface area contributed by atoms with Crippen molar-refractivity contribution in [2.45, 2.75) is 19.3 Å². The van der Waals surface area contributed by atoms with E-state index >= 15 is 0 Å². The molecule has 1 unspecified atom stereocenters. The van der Waals surface area contributed by atoms with E-state index in [1.54, 1.807) is 0 Å². The molecule has 0 aliphatic carbocycles. The van der Waals surface area contributed by atoms with Gasteiger partial charge in [0.15, 0.2) is 9.84 Å². The maximum absolute atomic E-state index is 11.2. The summed E-state index contributed by atoms with van der Waals surface area (Å²) in [5, 5.41) is 17.6. The maximum atomic E-state index is 11.2. The highest BCUT2D eigenvalue weighted by Gasteiger charge is 2.47. The first kappa shape index (κ1) is 11.5. The van der Waals surface area contributed by atoms with Crippen LogP contribution in [0.5, 0.6) is 0 Å². The molecule has 0 aromatic carbocycles. The number of carboxylic acids is 1. The van der Waals surface area contributed by atoms with E-state index in [4.69, 9.17) is 10.2 Å². The Balaban J connectivity index is 2.81. The lowest BCUT2D eigenvalue weighted by atomic mass is 9.83. The fraction of sp³-hybridized carbons (Fsp3) is 0.875. The normalized spacial score (nSPS) is 30.4. The lowest BCUT2D eigenvalue weighted by molar-refractivity contribution is -0.148. The molecule has 0 bridgehead atoms. The summed E-state index contributed by atoms with van der Waals surface area (Å²) >= 11 is 0. The van der Waals surface area contributed by atoms with Crippen LogP contribution in [0.3, 0.4) is 0 Å². The SMILES string of the molecule is O=C(O)C1(CCCO)CCS(=O)(=O)C1. The molecular weight excluding hydrogens is 208 g/mol. The molecule has 1 fully saturated rings. The van der Waals surface area contributed by atoms with Crippen LogP contribution in [-0.2, 0) is 14.6 Å². The summed E-state index contributed by atoms with van der Waals surface area (Å²) in [4.78, 5) is 11.0. The maximum Gasteiger partial charge on any atom is 0.310 e. The molecule has 0 saturated carbocycles. The molecule has 1 rings (SSSR count). The van der Waals surface area contributed by atoms with Crippen LogP contribution < -0.4 is 0 Å². The Bertz CT molecular complexity index is 321. The van der Waals surface area contributed by atoms with Gasteiger partial charge in [-0.05, 0) is 19.3 Å². The van der Waals surface area contributed by atoms with Gasteiger partial charge in [-0.3, -0.25) is 4.79 Å². The third-order valence-corrected chi connectivity index (χ3v) is 4.47. The standard InChI is InChI=1S/C8H14O5S/c9-4-1-2-8(7(10)11)3-5-14(12,13)6-8/h9H,1-6H2,(H,10,11). The molecule has 82 valence electrons. The molecule has 0 radical (unpaired) electrons. The van der Waals surface area contributed by atoms with E-state index in [-0.39, 0.29) is 31.0 Å². The molecule has 6 heteroatoms. The molecule has 0 spiro atoms. The molecular formula is C8H14O5S. The Kier molecular flexibility index (Phi) is 3.16. The van der Waals surface area contributed by atoms with Gasteiger partial charge in [-0.1, -0.05) is 0 Å². The van der Waals surface area contributed by atoms with Gasteiger partial charge in [0.1, 0.15) is 0 Å². The van der Waals surface area contributed by atoms with Crippen molar-refractivity contribution >= 4 is 15.8 Å². The first-order valence-electron chi connectivity index (χ1n) is 4.47. The van der Waals surface area contributed by atoms with Crippen LogP contribution in [0.4, 0.5) is 0 Å². The summed E-state index contributed by atoms with van der Waals surface area (Å²) in [5.74, 6) is -1.40. The first-order valence-corrected chi connectivity index (χ1v) is 6.29. The van der Waals surface area contributed by atoms with Gasteiger partial charge in [0.2, 0.25) is 0 Å². The number of carboxylic acid groups (broad SMARTS) is 1. The highest BCUT2D eigenvalue weighted by Crippen LogP contribution is 2.36. The third kappa shape index (κ3) is 2.24. The van der Waals surface area contributed by atoms with Crippen LogP contribution in [0.15, 0.2) is 0 Å². The molecule has 1 saturated heterocycles. The van der Waals surface area contributed by atoms with Gasteiger partial charge in [0.05, 0.1) is 16.9 Å². The van der Waals surface area contributed by atoms with E-state index in [0.29, 0.717) is 6.42 Å². The topological polar surface area (TPSA) is 91.7 Å². The van der Waals surface area contributed by atoms with Crippen molar-refractivity contribution in [2.24, 2.45) is 5.41 Å². The minimum atomic E-state index is -3.19. The Labute approximate surface area is 82.7 Å². The fourth-order valence-corrected chi connectivity index (χ4v) is 3.91. The summed E-state index contributed by atoms with van der Waals surface area (Å²) in [5.41, 5.74) is -1.15. The number of aliphatic carboxylic acids is 1. The quantitative estimate of drug-likeness (QED) is 0.678. The molecule has 1 aliphatic heterocycles. The van der Waals surface area contributed by atoms with Crippen LogP contribution in [-0.4, -0.2) is 42.7 Å². The van der Waals surface area contributed by atoms with E-state index in [1.165, 1.54) is 0 Å². The van der Waals surface area contributed by atoms with Gasteiger partial charge in [-0.15, -0.1) is 0 Å². The van der Waals surface area contributed by atoms with E-state index in [1.807, 2.05) is 0 Å². The summed E-state index contributed by atoms with van der Waals surface area (Å²) in [7, 11) is -3.19. The van der Waals surface area contributed by atoms with E-state index in [2.05, 4.69) is 0 Å². The summed E-state index contributed by atoms with van der Waals surface area (Å²) in [6, 6.07) is 0. The van der Waals surface area contributed by atoms with Gasteiger partial charge in [0, 0.05) is 6.61 Å². The lowest BCUT2D eigenvalue weighted by Crippen LogP contribution is -2.32. The number of aliphatic hydroxyl groups excluding tert-OH is 1. The molecule has 5 nitrogen and oxygen atoms in total. The molecule has 1 heterocycles. The smallest absolute Gasteiger partial charge is 0.310 e. The Morgan fingerprint density at radius 2 is 2.07 bits per heavy atom. The van der Waals surface area contributed by atoms with Gasteiger partial charge >= 0.3 is 5.97 Å². The van der Waals surface area contributed by atoms with Crippen molar-refractivity contribution in [3.05, 3.63) is 0 Å². The fourth-order valence-electron chi connectivity index (χ4n) is 1.81. The van der Waals surface area contributed by atoms with Crippen LogP contribution in [0.2, 0.25) is 0 Å². The van der Waals surface area contributed by atoms with Gasteiger partial charge in [0.25, 0.3) is 0 Å². The molecule has 0 aromatic rings. The highest BCUT2D eigenvalue weighted by atomic mass is 32.2. The van der Waals surface area contributed by atoms with Gasteiger partial charge < -0.3 is 10.2 Å². The largest absolute Gasteiger partial charge is 0.481 e. The molecule has 1 atom stereocenters. The molecule has 2 N–H and O–H groups in total. The van der Waals surface area contributed by atoms with Crippen molar-refractivity contribution < 1.29 is 23.4 Å². The van der Waals surface area contributed by atoms with Crippen molar-refractivity contribution in [1.29, 1.82) is 0 Å². The van der Waals surface area contributed by atoms with Crippen molar-refractivity contribution in [3.8, 4) is 0 Å². The Hall–Kier alpha value is -0.620. The predicted octanol–water partition coefficient (Wildman–Crippen LogP) is -0.352. The second-order valence-corrected chi connectivity index (χ2v) is 5.94. The van der Waals surface area contributed by atoms with E-state index in [0.717, 1.165) is 0 Å². The van der Waals surface area contributed by atoms with Crippen LogP contribution in [0.1, 0.15) is 19.3 Å².